The van der Waals surface area contributed by atoms with E-state index in [0.29, 0.717) is 6.07 Å². The van der Waals surface area contributed by atoms with Crippen molar-refractivity contribution in [3.05, 3.63) is 35.9 Å². The van der Waals surface area contributed by atoms with E-state index in [0.717, 1.165) is 6.07 Å². The van der Waals surface area contributed by atoms with Gasteiger partial charge in [-0.2, -0.15) is 5.10 Å². The highest BCUT2D eigenvalue weighted by Gasteiger charge is 2.72. The number of halogens is 4. The number of amides is 1. The molecule has 23 heavy (non-hydrogen) atoms. The van der Waals surface area contributed by atoms with Crippen LogP contribution in [-0.4, -0.2) is 21.6 Å². The van der Waals surface area contributed by atoms with Gasteiger partial charge in [0, 0.05) is 31.2 Å². The number of benzene rings is 1. The smallest absolute Gasteiger partial charge is 0.263 e. The molecule has 3 rings (SSSR count). The van der Waals surface area contributed by atoms with Gasteiger partial charge in [0.1, 0.15) is 22.9 Å². The highest BCUT2D eigenvalue weighted by Crippen LogP contribution is 2.60. The number of nitrogens with zero attached hydrogens (tertiary/aromatic N) is 2. The number of hydrogen-bond donors (Lipinski definition) is 1. The first-order chi connectivity index (χ1) is 10.6. The zero-order chi connectivity index (χ0) is 17.0. The molecule has 2 aromatic rings. The summed E-state index contributed by atoms with van der Waals surface area (Å²) in [5.41, 5.74) is -1.53. The molecule has 1 fully saturated rings. The number of carbonyl (C=O) groups excluding carboxylic acids is 1. The lowest BCUT2D eigenvalue weighted by Crippen LogP contribution is -2.27. The van der Waals surface area contributed by atoms with Gasteiger partial charge in [0.25, 0.3) is 5.92 Å². The molecule has 1 aliphatic carbocycles. The first-order valence-corrected chi connectivity index (χ1v) is 6.83. The summed E-state index contributed by atoms with van der Waals surface area (Å²) < 4.78 is 54.4. The Morgan fingerprint density at radius 1 is 1.30 bits per heavy atom. The highest BCUT2D eigenvalue weighted by molar-refractivity contribution is 5.98. The Balaban J connectivity index is 1.86. The van der Waals surface area contributed by atoms with Crippen LogP contribution in [0.15, 0.2) is 24.3 Å². The molecule has 1 aromatic carbocycles. The molecule has 1 atom stereocenters. The van der Waals surface area contributed by atoms with Crippen molar-refractivity contribution in [2.45, 2.75) is 19.3 Å². The molecule has 1 amide bonds. The molecule has 1 aliphatic rings. The van der Waals surface area contributed by atoms with E-state index >= 15 is 0 Å². The highest BCUT2D eigenvalue weighted by atomic mass is 19.3. The zero-order valence-electron chi connectivity index (χ0n) is 12.3. The third-order valence-corrected chi connectivity index (χ3v) is 4.09. The van der Waals surface area contributed by atoms with Crippen LogP contribution < -0.4 is 5.32 Å². The number of aryl methyl sites for hydroxylation is 1. The maximum atomic E-state index is 13.8. The van der Waals surface area contributed by atoms with Crippen LogP contribution in [0.3, 0.4) is 0 Å². The molecule has 1 unspecified atom stereocenters. The first-order valence-electron chi connectivity index (χ1n) is 6.83. The fraction of sp³-hybridized carbons (Fsp3) is 0.333. The summed E-state index contributed by atoms with van der Waals surface area (Å²) in [5, 5.41) is 6.39. The molecule has 1 saturated carbocycles. The van der Waals surface area contributed by atoms with Gasteiger partial charge < -0.3 is 5.32 Å². The Hall–Kier alpha value is -2.38. The largest absolute Gasteiger partial charge is 0.310 e. The van der Waals surface area contributed by atoms with Crippen LogP contribution >= 0.6 is 0 Å². The molecular formula is C15H13F4N3O. The Labute approximate surface area is 129 Å². The van der Waals surface area contributed by atoms with Gasteiger partial charge in [0.05, 0.1) is 5.69 Å². The lowest BCUT2D eigenvalue weighted by atomic mass is 10.1. The Morgan fingerprint density at radius 2 is 1.96 bits per heavy atom. The number of alkyl halides is 2. The van der Waals surface area contributed by atoms with Crippen molar-refractivity contribution in [2.75, 3.05) is 5.32 Å². The zero-order valence-corrected chi connectivity index (χ0v) is 12.3. The van der Waals surface area contributed by atoms with E-state index in [-0.39, 0.29) is 17.1 Å². The molecule has 4 nitrogen and oxygen atoms in total. The van der Waals surface area contributed by atoms with Crippen molar-refractivity contribution in [1.29, 1.82) is 0 Å². The van der Waals surface area contributed by atoms with E-state index in [4.69, 9.17) is 0 Å². The number of rotatable bonds is 3. The summed E-state index contributed by atoms with van der Waals surface area (Å²) in [5.74, 6) is -5.22. The molecule has 0 aliphatic heterocycles. The van der Waals surface area contributed by atoms with Crippen LogP contribution in [0.2, 0.25) is 0 Å². The minimum Gasteiger partial charge on any atom is -0.310 e. The summed E-state index contributed by atoms with van der Waals surface area (Å²) in [7, 11) is 1.48. The first kappa shape index (κ1) is 15.5. The summed E-state index contributed by atoms with van der Waals surface area (Å²) >= 11 is 0. The standard InChI is InChI=1S/C15H13F4N3O/c1-14(7-15(14,18)19)13(23)20-12-6-11(21-22(12)2)9-4-3-8(16)5-10(9)17/h3-6H,7H2,1-2H3,(H,20,23). The van der Waals surface area contributed by atoms with Crippen molar-refractivity contribution >= 4 is 11.7 Å². The second kappa shape index (κ2) is 4.81. The van der Waals surface area contributed by atoms with Crippen LogP contribution in [0, 0.1) is 17.0 Å². The van der Waals surface area contributed by atoms with Gasteiger partial charge in [-0.25, -0.2) is 17.6 Å². The maximum Gasteiger partial charge on any atom is 0.263 e. The number of aromatic nitrogens is 2. The maximum absolute atomic E-state index is 13.8. The van der Waals surface area contributed by atoms with Crippen LogP contribution in [0.1, 0.15) is 13.3 Å². The molecule has 8 heteroatoms. The third kappa shape index (κ3) is 2.47. The second-order valence-electron chi connectivity index (χ2n) is 5.83. The number of carbonyl (C=O) groups is 1. The lowest BCUT2D eigenvalue weighted by Gasteiger charge is -2.10. The van der Waals surface area contributed by atoms with E-state index in [1.807, 2.05) is 0 Å². The van der Waals surface area contributed by atoms with Gasteiger partial charge in [-0.05, 0) is 19.1 Å². The molecule has 0 spiro atoms. The van der Waals surface area contributed by atoms with E-state index < -0.39 is 35.3 Å². The Bertz CT molecular complexity index is 802. The number of anilines is 1. The SMILES string of the molecule is Cn1nc(-c2ccc(F)cc2F)cc1NC(=O)C1(C)CC1(F)F. The minimum atomic E-state index is -3.03. The quantitative estimate of drug-likeness (QED) is 0.879. The summed E-state index contributed by atoms with van der Waals surface area (Å²) in [6, 6.07) is 4.36. The fourth-order valence-electron chi connectivity index (χ4n) is 2.31. The fourth-order valence-corrected chi connectivity index (χ4v) is 2.31. The van der Waals surface area contributed by atoms with Gasteiger partial charge in [-0.15, -0.1) is 0 Å². The van der Waals surface area contributed by atoms with Crippen molar-refractivity contribution in [1.82, 2.24) is 9.78 Å². The van der Waals surface area contributed by atoms with E-state index in [1.54, 1.807) is 0 Å². The molecule has 1 aromatic heterocycles. The summed E-state index contributed by atoms with van der Waals surface area (Å²) in [4.78, 5) is 12.0. The van der Waals surface area contributed by atoms with Crippen LogP contribution in [0.4, 0.5) is 23.4 Å². The minimum absolute atomic E-state index is 0.0467. The average Bonchev–Trinajstić information content (AvgIpc) is 2.77. The number of nitrogens with one attached hydrogen (secondary N) is 1. The van der Waals surface area contributed by atoms with Gasteiger partial charge in [0.2, 0.25) is 5.91 Å². The van der Waals surface area contributed by atoms with Gasteiger partial charge in [0.15, 0.2) is 0 Å². The molecule has 0 radical (unpaired) electrons. The topological polar surface area (TPSA) is 46.9 Å². The van der Waals surface area contributed by atoms with Crippen molar-refractivity contribution in [3.8, 4) is 11.3 Å². The van der Waals surface area contributed by atoms with E-state index in [1.165, 1.54) is 30.8 Å². The number of hydrogen-bond acceptors (Lipinski definition) is 2. The van der Waals surface area contributed by atoms with Gasteiger partial charge >= 0.3 is 0 Å². The Kier molecular flexibility index (Phi) is 3.24. The predicted molar refractivity (Wildman–Crippen MR) is 74.9 cm³/mol. The average molecular weight is 327 g/mol. The van der Waals surface area contributed by atoms with Gasteiger partial charge in [-0.1, -0.05) is 0 Å². The predicted octanol–water partition coefficient (Wildman–Crippen LogP) is 3.35. The van der Waals surface area contributed by atoms with Crippen LogP contribution in [0.25, 0.3) is 11.3 Å². The molecular weight excluding hydrogens is 314 g/mol. The lowest BCUT2D eigenvalue weighted by molar-refractivity contribution is -0.124. The summed E-state index contributed by atoms with van der Waals surface area (Å²) in [6.45, 7) is 1.18. The molecule has 0 bridgehead atoms. The van der Waals surface area contributed by atoms with Crippen molar-refractivity contribution < 1.29 is 22.4 Å². The van der Waals surface area contributed by atoms with Crippen LogP contribution in [0.5, 0.6) is 0 Å². The molecule has 0 saturated heterocycles. The molecule has 1 heterocycles. The normalized spacial score (nSPS) is 22.0. The third-order valence-electron chi connectivity index (χ3n) is 4.09. The van der Waals surface area contributed by atoms with Crippen molar-refractivity contribution in [3.63, 3.8) is 0 Å². The van der Waals surface area contributed by atoms with Crippen molar-refractivity contribution in [2.24, 2.45) is 12.5 Å². The summed E-state index contributed by atoms with van der Waals surface area (Å²) in [6.07, 6.45) is -0.511. The second-order valence-corrected chi connectivity index (χ2v) is 5.83. The molecule has 1 N–H and O–H groups in total. The monoisotopic (exact) mass is 327 g/mol. The van der Waals surface area contributed by atoms with Crippen LogP contribution in [-0.2, 0) is 11.8 Å². The van der Waals surface area contributed by atoms with E-state index in [2.05, 4.69) is 10.4 Å². The Morgan fingerprint density at radius 3 is 2.52 bits per heavy atom. The molecule has 122 valence electrons. The van der Waals surface area contributed by atoms with Gasteiger partial charge in [-0.3, -0.25) is 9.48 Å². The van der Waals surface area contributed by atoms with E-state index in [9.17, 15) is 22.4 Å².